The summed E-state index contributed by atoms with van der Waals surface area (Å²) in [7, 11) is 1.72. The second kappa shape index (κ2) is 5.65. The molecule has 2 aromatic heterocycles. The van der Waals surface area contributed by atoms with E-state index in [9.17, 15) is 4.79 Å². The number of hydrogen-bond acceptors (Lipinski definition) is 5. The fraction of sp³-hybridized carbons (Fsp3) is 0.231. The second-order valence-corrected chi connectivity index (χ2v) is 5.34. The number of fused-ring (bicyclic) bond motifs is 1. The van der Waals surface area contributed by atoms with E-state index in [0.29, 0.717) is 24.2 Å². The van der Waals surface area contributed by atoms with Crippen molar-refractivity contribution in [2.75, 3.05) is 6.61 Å². The van der Waals surface area contributed by atoms with E-state index in [1.54, 1.807) is 7.05 Å². The number of nitrogens with zero attached hydrogens (tertiary/aromatic N) is 5. The Bertz CT molecular complexity index is 825. The number of benzene rings is 1. The van der Waals surface area contributed by atoms with Crippen LogP contribution in [0.25, 0.3) is 11.0 Å². The summed E-state index contributed by atoms with van der Waals surface area (Å²) in [6, 6.07) is 7.48. The number of aromatic nitrogens is 5. The Morgan fingerprint density at radius 1 is 1.29 bits per heavy atom. The van der Waals surface area contributed by atoms with Gasteiger partial charge in [-0.05, 0) is 24.3 Å². The number of rotatable bonds is 4. The number of aryl methyl sites for hydroxylation is 1. The van der Waals surface area contributed by atoms with Crippen LogP contribution < -0.4 is 10.3 Å². The first-order valence-electron chi connectivity index (χ1n) is 6.29. The smallest absolute Gasteiger partial charge is 0.280 e. The predicted molar refractivity (Wildman–Crippen MR) is 80.2 cm³/mol. The van der Waals surface area contributed by atoms with Crippen LogP contribution in [0.3, 0.4) is 0 Å². The number of hydrogen-bond donors (Lipinski definition) is 0. The Labute approximate surface area is 128 Å². The quantitative estimate of drug-likeness (QED) is 0.710. The summed E-state index contributed by atoms with van der Waals surface area (Å²) >= 11 is 3.36. The van der Waals surface area contributed by atoms with Gasteiger partial charge < -0.3 is 4.74 Å². The zero-order valence-electron chi connectivity index (χ0n) is 11.2. The summed E-state index contributed by atoms with van der Waals surface area (Å²) in [5.74, 6) is 0.738. The molecular weight excluding hydrogens is 338 g/mol. The minimum absolute atomic E-state index is 0.215. The molecule has 0 bridgehead atoms. The van der Waals surface area contributed by atoms with Gasteiger partial charge in [-0.15, -0.1) is 5.10 Å². The molecule has 3 aromatic rings. The summed E-state index contributed by atoms with van der Waals surface area (Å²) in [4.78, 5) is 12.2. The van der Waals surface area contributed by atoms with Gasteiger partial charge in [0.1, 0.15) is 17.7 Å². The molecule has 0 saturated heterocycles. The van der Waals surface area contributed by atoms with Crippen molar-refractivity contribution in [3.8, 4) is 5.75 Å². The highest BCUT2D eigenvalue weighted by molar-refractivity contribution is 9.10. The van der Waals surface area contributed by atoms with Crippen LogP contribution in [0.15, 0.2) is 39.7 Å². The van der Waals surface area contributed by atoms with Crippen molar-refractivity contribution in [3.05, 3.63) is 45.3 Å². The van der Waals surface area contributed by atoms with Crippen LogP contribution in [-0.4, -0.2) is 31.4 Å². The Morgan fingerprint density at radius 2 is 2.05 bits per heavy atom. The van der Waals surface area contributed by atoms with Gasteiger partial charge in [-0.3, -0.25) is 4.79 Å². The first-order chi connectivity index (χ1) is 10.1. The van der Waals surface area contributed by atoms with Gasteiger partial charge in [0.25, 0.3) is 5.56 Å². The van der Waals surface area contributed by atoms with E-state index in [4.69, 9.17) is 4.74 Å². The Morgan fingerprint density at radius 3 is 2.81 bits per heavy atom. The first-order valence-corrected chi connectivity index (χ1v) is 7.08. The molecule has 7 nitrogen and oxygen atoms in total. The molecule has 0 aliphatic rings. The highest BCUT2D eigenvalue weighted by Gasteiger charge is 2.09. The fourth-order valence-corrected chi connectivity index (χ4v) is 2.17. The summed E-state index contributed by atoms with van der Waals surface area (Å²) in [5, 5.41) is 12.3. The van der Waals surface area contributed by atoms with Crippen molar-refractivity contribution < 1.29 is 4.74 Å². The molecular formula is C13H12BrN5O2. The summed E-state index contributed by atoms with van der Waals surface area (Å²) in [6.07, 6.45) is 1.50. The van der Waals surface area contributed by atoms with Crippen molar-refractivity contribution in [2.45, 2.75) is 6.54 Å². The molecule has 0 aliphatic heterocycles. The Kier molecular flexibility index (Phi) is 3.70. The van der Waals surface area contributed by atoms with Gasteiger partial charge in [-0.25, -0.2) is 9.36 Å². The van der Waals surface area contributed by atoms with E-state index in [0.717, 1.165) is 10.2 Å². The molecule has 0 fully saturated rings. The largest absolute Gasteiger partial charge is 0.492 e. The molecule has 0 saturated carbocycles. The molecule has 0 atom stereocenters. The Hall–Kier alpha value is -2.22. The topological polar surface area (TPSA) is 74.8 Å². The number of halogens is 1. The van der Waals surface area contributed by atoms with Gasteiger partial charge >= 0.3 is 0 Å². The van der Waals surface area contributed by atoms with Crippen LogP contribution in [0.1, 0.15) is 0 Å². The highest BCUT2D eigenvalue weighted by Crippen LogP contribution is 2.15. The fourth-order valence-electron chi connectivity index (χ4n) is 1.90. The summed E-state index contributed by atoms with van der Waals surface area (Å²) in [6.45, 7) is 0.661. The molecule has 0 unspecified atom stereocenters. The van der Waals surface area contributed by atoms with Crippen LogP contribution in [-0.2, 0) is 13.6 Å². The van der Waals surface area contributed by atoms with Crippen LogP contribution in [0.4, 0.5) is 0 Å². The zero-order valence-corrected chi connectivity index (χ0v) is 12.8. The van der Waals surface area contributed by atoms with Gasteiger partial charge in [0.2, 0.25) is 0 Å². The van der Waals surface area contributed by atoms with Crippen LogP contribution >= 0.6 is 15.9 Å². The van der Waals surface area contributed by atoms with E-state index in [-0.39, 0.29) is 5.56 Å². The lowest BCUT2D eigenvalue weighted by Gasteiger charge is -2.07. The third kappa shape index (κ3) is 2.80. The summed E-state index contributed by atoms with van der Waals surface area (Å²) < 4.78 is 9.35. The molecule has 0 aliphatic carbocycles. The van der Waals surface area contributed by atoms with Gasteiger partial charge in [0.05, 0.1) is 12.7 Å². The molecule has 21 heavy (non-hydrogen) atoms. The normalized spacial score (nSPS) is 11.0. The molecule has 0 N–H and O–H groups in total. The van der Waals surface area contributed by atoms with Crippen LogP contribution in [0.2, 0.25) is 0 Å². The molecule has 0 amide bonds. The maximum atomic E-state index is 12.2. The molecule has 2 heterocycles. The van der Waals surface area contributed by atoms with Crippen molar-refractivity contribution >= 4 is 27.0 Å². The lowest BCUT2D eigenvalue weighted by Crippen LogP contribution is -2.26. The molecule has 0 spiro atoms. The molecule has 1 aromatic carbocycles. The van der Waals surface area contributed by atoms with E-state index in [2.05, 4.69) is 31.3 Å². The SMILES string of the molecule is Cn1ncc2c(=O)n(CCOc3ccc(Br)cc3)nnc21. The predicted octanol–water partition coefficient (Wildman–Crippen LogP) is 1.37. The van der Waals surface area contributed by atoms with E-state index in [1.165, 1.54) is 15.6 Å². The third-order valence-electron chi connectivity index (χ3n) is 3.01. The van der Waals surface area contributed by atoms with E-state index in [1.807, 2.05) is 24.3 Å². The average molecular weight is 350 g/mol. The first kappa shape index (κ1) is 13.7. The standard InChI is InChI=1S/C13H12BrN5O2/c1-18-12-11(8-15-18)13(20)19(17-16-12)6-7-21-10-4-2-9(14)3-5-10/h2-5,8H,6-7H2,1H3. The molecule has 0 radical (unpaired) electrons. The second-order valence-electron chi connectivity index (χ2n) is 4.43. The molecule has 3 rings (SSSR count). The zero-order chi connectivity index (χ0) is 14.8. The van der Waals surface area contributed by atoms with Gasteiger partial charge in [0, 0.05) is 11.5 Å². The van der Waals surface area contributed by atoms with Gasteiger partial charge in [-0.1, -0.05) is 21.1 Å². The minimum Gasteiger partial charge on any atom is -0.492 e. The lowest BCUT2D eigenvalue weighted by molar-refractivity contribution is 0.285. The molecule has 8 heteroatoms. The van der Waals surface area contributed by atoms with E-state index >= 15 is 0 Å². The highest BCUT2D eigenvalue weighted by atomic mass is 79.9. The van der Waals surface area contributed by atoms with Gasteiger partial charge in [-0.2, -0.15) is 5.10 Å². The number of ether oxygens (including phenoxy) is 1. The van der Waals surface area contributed by atoms with Crippen LogP contribution in [0.5, 0.6) is 5.75 Å². The molecule has 108 valence electrons. The van der Waals surface area contributed by atoms with Gasteiger partial charge in [0.15, 0.2) is 5.65 Å². The maximum Gasteiger partial charge on any atom is 0.280 e. The van der Waals surface area contributed by atoms with Crippen molar-refractivity contribution in [1.82, 2.24) is 24.8 Å². The maximum absolute atomic E-state index is 12.2. The summed E-state index contributed by atoms with van der Waals surface area (Å²) in [5.41, 5.74) is 0.262. The minimum atomic E-state index is -0.215. The van der Waals surface area contributed by atoms with Crippen molar-refractivity contribution in [3.63, 3.8) is 0 Å². The van der Waals surface area contributed by atoms with E-state index < -0.39 is 0 Å². The third-order valence-corrected chi connectivity index (χ3v) is 3.53. The average Bonchev–Trinajstić information content (AvgIpc) is 2.86. The van der Waals surface area contributed by atoms with Crippen molar-refractivity contribution in [1.29, 1.82) is 0 Å². The van der Waals surface area contributed by atoms with Crippen LogP contribution in [0, 0.1) is 0 Å². The lowest BCUT2D eigenvalue weighted by atomic mass is 10.3. The Balaban J connectivity index is 1.72. The van der Waals surface area contributed by atoms with Crippen molar-refractivity contribution in [2.24, 2.45) is 7.05 Å². The monoisotopic (exact) mass is 349 g/mol.